The van der Waals surface area contributed by atoms with Gasteiger partial charge in [-0.3, -0.25) is 10.1 Å². The zero-order chi connectivity index (χ0) is 14.1. The van der Waals surface area contributed by atoms with Crippen LogP contribution < -0.4 is 0 Å². The fraction of sp³-hybridized carbons (Fsp3) is 0.133. The summed E-state index contributed by atoms with van der Waals surface area (Å²) in [6.07, 6.45) is 0. The van der Waals surface area contributed by atoms with Gasteiger partial charge in [0.05, 0.1) is 16.0 Å². The fourth-order valence-electron chi connectivity index (χ4n) is 2.30. The topological polar surface area (TPSA) is 61.0 Å². The van der Waals surface area contributed by atoms with Gasteiger partial charge in [0.2, 0.25) is 0 Å². The Labute approximate surface area is 115 Å². The van der Waals surface area contributed by atoms with Gasteiger partial charge in [0, 0.05) is 18.7 Å². The van der Waals surface area contributed by atoms with Crippen molar-refractivity contribution < 1.29 is 4.92 Å². The van der Waals surface area contributed by atoms with Crippen LogP contribution in [-0.2, 0) is 6.54 Å². The van der Waals surface area contributed by atoms with Crippen molar-refractivity contribution in [3.63, 3.8) is 0 Å². The third-order valence-electron chi connectivity index (χ3n) is 3.33. The zero-order valence-electron chi connectivity index (χ0n) is 11.0. The Morgan fingerprint density at radius 1 is 1.15 bits per heavy atom. The van der Waals surface area contributed by atoms with Gasteiger partial charge in [-0.05, 0) is 24.6 Å². The molecule has 0 saturated carbocycles. The second kappa shape index (κ2) is 4.77. The lowest BCUT2D eigenvalue weighted by Crippen LogP contribution is -2.02. The molecule has 100 valence electrons. The van der Waals surface area contributed by atoms with Crippen molar-refractivity contribution in [2.24, 2.45) is 0 Å². The van der Waals surface area contributed by atoms with Crippen LogP contribution in [0.4, 0.5) is 5.69 Å². The van der Waals surface area contributed by atoms with Crippen molar-refractivity contribution in [2.45, 2.75) is 13.5 Å². The molecule has 0 bridgehead atoms. The molecule has 1 heterocycles. The number of hydrogen-bond donors (Lipinski definition) is 0. The number of aromatic nitrogens is 2. The van der Waals surface area contributed by atoms with Gasteiger partial charge in [-0.25, -0.2) is 4.98 Å². The first-order valence-electron chi connectivity index (χ1n) is 6.30. The number of nitrogens with zero attached hydrogens (tertiary/aromatic N) is 3. The van der Waals surface area contributed by atoms with Crippen LogP contribution in [0.2, 0.25) is 0 Å². The highest BCUT2D eigenvalue weighted by atomic mass is 16.6. The molecular weight excluding hydrogens is 254 g/mol. The Bertz CT molecular complexity index is 775. The number of aryl methyl sites for hydroxylation is 1. The van der Waals surface area contributed by atoms with Gasteiger partial charge >= 0.3 is 0 Å². The van der Waals surface area contributed by atoms with Crippen LogP contribution in [0.5, 0.6) is 0 Å². The summed E-state index contributed by atoms with van der Waals surface area (Å²) in [6.45, 7) is 2.62. The van der Waals surface area contributed by atoms with Gasteiger partial charge in [0.25, 0.3) is 5.69 Å². The lowest BCUT2D eigenvalue weighted by molar-refractivity contribution is -0.384. The van der Waals surface area contributed by atoms with Crippen molar-refractivity contribution in [2.75, 3.05) is 0 Å². The standard InChI is InChI=1S/C15H13N3O2/c1-11-16-14-4-2-3-5-15(14)17(11)10-12-6-8-13(9-7-12)18(19)20/h2-9H,10H2,1H3. The van der Waals surface area contributed by atoms with Gasteiger partial charge in [0.1, 0.15) is 5.82 Å². The van der Waals surface area contributed by atoms with Crippen LogP contribution in [0.25, 0.3) is 11.0 Å². The smallest absolute Gasteiger partial charge is 0.269 e. The highest BCUT2D eigenvalue weighted by molar-refractivity contribution is 5.75. The number of rotatable bonds is 3. The monoisotopic (exact) mass is 267 g/mol. The van der Waals surface area contributed by atoms with Crippen LogP contribution in [0.1, 0.15) is 11.4 Å². The summed E-state index contributed by atoms with van der Waals surface area (Å²) in [6, 6.07) is 14.6. The minimum absolute atomic E-state index is 0.112. The number of non-ortho nitro benzene ring substituents is 1. The zero-order valence-corrected chi connectivity index (χ0v) is 11.0. The number of fused-ring (bicyclic) bond motifs is 1. The van der Waals surface area contributed by atoms with Gasteiger partial charge in [-0.2, -0.15) is 0 Å². The molecule has 0 aliphatic rings. The van der Waals surface area contributed by atoms with Crippen LogP contribution in [0, 0.1) is 17.0 Å². The molecule has 5 heteroatoms. The Hall–Kier alpha value is -2.69. The molecule has 1 aromatic heterocycles. The van der Waals surface area contributed by atoms with E-state index in [4.69, 9.17) is 0 Å². The molecule has 0 N–H and O–H groups in total. The lowest BCUT2D eigenvalue weighted by Gasteiger charge is -2.06. The van der Waals surface area contributed by atoms with Crippen molar-refractivity contribution in [3.8, 4) is 0 Å². The maximum atomic E-state index is 10.6. The first-order chi connectivity index (χ1) is 9.65. The first kappa shape index (κ1) is 12.3. The van der Waals surface area contributed by atoms with E-state index in [1.165, 1.54) is 12.1 Å². The van der Waals surface area contributed by atoms with E-state index in [1.807, 2.05) is 31.2 Å². The molecule has 0 radical (unpaired) electrons. The number of imidazole rings is 1. The van der Waals surface area contributed by atoms with E-state index in [9.17, 15) is 10.1 Å². The van der Waals surface area contributed by atoms with E-state index < -0.39 is 0 Å². The van der Waals surface area contributed by atoms with Crippen LogP contribution in [-0.4, -0.2) is 14.5 Å². The molecule has 0 amide bonds. The molecule has 0 aliphatic heterocycles. The van der Waals surface area contributed by atoms with E-state index in [-0.39, 0.29) is 10.6 Å². The summed E-state index contributed by atoms with van der Waals surface area (Å²) in [5, 5.41) is 10.6. The molecule has 3 rings (SSSR count). The van der Waals surface area contributed by atoms with E-state index in [0.29, 0.717) is 6.54 Å². The third kappa shape index (κ3) is 2.14. The summed E-state index contributed by atoms with van der Waals surface area (Å²) < 4.78 is 2.11. The van der Waals surface area contributed by atoms with E-state index in [1.54, 1.807) is 12.1 Å². The summed E-state index contributed by atoms with van der Waals surface area (Å²) in [7, 11) is 0. The molecular formula is C15H13N3O2. The molecule has 0 unspecified atom stereocenters. The molecule has 0 fully saturated rings. The normalized spacial score (nSPS) is 10.8. The maximum absolute atomic E-state index is 10.6. The van der Waals surface area contributed by atoms with Crippen molar-refractivity contribution >= 4 is 16.7 Å². The van der Waals surface area contributed by atoms with Gasteiger partial charge < -0.3 is 4.57 Å². The second-order valence-corrected chi connectivity index (χ2v) is 4.66. The largest absolute Gasteiger partial charge is 0.324 e. The fourth-order valence-corrected chi connectivity index (χ4v) is 2.30. The minimum atomic E-state index is -0.387. The predicted molar refractivity (Wildman–Crippen MR) is 76.7 cm³/mol. The number of benzene rings is 2. The second-order valence-electron chi connectivity index (χ2n) is 4.66. The predicted octanol–water partition coefficient (Wildman–Crippen LogP) is 3.30. The number of nitro groups is 1. The average Bonchev–Trinajstić information content (AvgIpc) is 2.76. The number of hydrogen-bond acceptors (Lipinski definition) is 3. The summed E-state index contributed by atoms with van der Waals surface area (Å²) in [5.74, 6) is 0.935. The van der Waals surface area contributed by atoms with Crippen molar-refractivity contribution in [1.82, 2.24) is 9.55 Å². The van der Waals surface area contributed by atoms with E-state index >= 15 is 0 Å². The molecule has 3 aromatic rings. The lowest BCUT2D eigenvalue weighted by atomic mass is 10.2. The minimum Gasteiger partial charge on any atom is -0.324 e. The Morgan fingerprint density at radius 3 is 2.55 bits per heavy atom. The van der Waals surface area contributed by atoms with E-state index in [0.717, 1.165) is 22.4 Å². The molecule has 0 saturated heterocycles. The summed E-state index contributed by atoms with van der Waals surface area (Å²) in [5.41, 5.74) is 3.16. The maximum Gasteiger partial charge on any atom is 0.269 e. The SMILES string of the molecule is Cc1nc2ccccc2n1Cc1ccc([N+](=O)[O-])cc1. The molecule has 5 nitrogen and oxygen atoms in total. The van der Waals surface area contributed by atoms with Gasteiger partial charge in [-0.15, -0.1) is 0 Å². The number of para-hydroxylation sites is 2. The molecule has 20 heavy (non-hydrogen) atoms. The quantitative estimate of drug-likeness (QED) is 0.540. The van der Waals surface area contributed by atoms with E-state index in [2.05, 4.69) is 9.55 Å². The highest BCUT2D eigenvalue weighted by Gasteiger charge is 2.08. The Morgan fingerprint density at radius 2 is 1.85 bits per heavy atom. The van der Waals surface area contributed by atoms with Gasteiger partial charge in [0.15, 0.2) is 0 Å². The first-order valence-corrected chi connectivity index (χ1v) is 6.30. The van der Waals surface area contributed by atoms with Crippen molar-refractivity contribution in [3.05, 3.63) is 70.0 Å². The van der Waals surface area contributed by atoms with Crippen LogP contribution in [0.3, 0.4) is 0 Å². The molecule has 2 aromatic carbocycles. The molecule has 0 aliphatic carbocycles. The summed E-state index contributed by atoms with van der Waals surface area (Å²) in [4.78, 5) is 14.8. The van der Waals surface area contributed by atoms with Crippen molar-refractivity contribution in [1.29, 1.82) is 0 Å². The van der Waals surface area contributed by atoms with Crippen LogP contribution >= 0.6 is 0 Å². The third-order valence-corrected chi connectivity index (χ3v) is 3.33. The highest BCUT2D eigenvalue weighted by Crippen LogP contribution is 2.18. The average molecular weight is 267 g/mol. The van der Waals surface area contributed by atoms with Crippen LogP contribution in [0.15, 0.2) is 48.5 Å². The Kier molecular flexibility index (Phi) is 2.95. The Balaban J connectivity index is 1.96. The summed E-state index contributed by atoms with van der Waals surface area (Å²) >= 11 is 0. The number of nitro benzene ring substituents is 1. The van der Waals surface area contributed by atoms with Gasteiger partial charge in [-0.1, -0.05) is 24.3 Å². The molecule has 0 spiro atoms. The molecule has 0 atom stereocenters.